The molecule has 3 aromatic rings. The summed E-state index contributed by atoms with van der Waals surface area (Å²) in [6, 6.07) is 17.2. The Morgan fingerprint density at radius 1 is 1.20 bits per heavy atom. The Balaban J connectivity index is 1.68. The van der Waals surface area contributed by atoms with Crippen molar-refractivity contribution >= 4 is 17.5 Å². The fraction of sp³-hybridized carbons (Fsp3) is 0.158. The Morgan fingerprint density at radius 3 is 2.72 bits per heavy atom. The Morgan fingerprint density at radius 2 is 1.96 bits per heavy atom. The van der Waals surface area contributed by atoms with E-state index in [1.54, 1.807) is 0 Å². The summed E-state index contributed by atoms with van der Waals surface area (Å²) < 4.78 is 11.3. The number of anilines is 1. The van der Waals surface area contributed by atoms with Crippen LogP contribution in [0, 0.1) is 18.3 Å². The molecule has 0 fully saturated rings. The Labute approximate surface area is 150 Å². The van der Waals surface area contributed by atoms with Crippen LogP contribution in [-0.4, -0.2) is 4.98 Å². The quantitative estimate of drug-likeness (QED) is 0.695. The number of nitrogens with one attached hydrogen (secondary N) is 1. The number of benzene rings is 2. The molecule has 0 unspecified atom stereocenters. The highest BCUT2D eigenvalue weighted by Gasteiger charge is 2.14. The van der Waals surface area contributed by atoms with Gasteiger partial charge in [0.25, 0.3) is 0 Å². The highest BCUT2D eigenvalue weighted by atomic mass is 35.5. The molecule has 5 nitrogen and oxygen atoms in total. The lowest BCUT2D eigenvalue weighted by molar-refractivity contribution is 0.263. The topological polar surface area (TPSA) is 71.1 Å². The Kier molecular flexibility index (Phi) is 5.22. The second kappa shape index (κ2) is 7.73. The minimum atomic E-state index is 0.146. The molecule has 2 aromatic carbocycles. The number of ether oxygens (including phenoxy) is 1. The van der Waals surface area contributed by atoms with E-state index in [0.717, 1.165) is 16.9 Å². The molecule has 3 rings (SSSR count). The summed E-state index contributed by atoms with van der Waals surface area (Å²) >= 11 is 6.13. The van der Waals surface area contributed by atoms with Crippen LogP contribution in [0.3, 0.4) is 0 Å². The van der Waals surface area contributed by atoms with Gasteiger partial charge in [0.05, 0.1) is 0 Å². The fourth-order valence-electron chi connectivity index (χ4n) is 2.30. The molecule has 0 aliphatic rings. The van der Waals surface area contributed by atoms with Crippen molar-refractivity contribution in [1.29, 1.82) is 5.26 Å². The average Bonchev–Trinajstić information content (AvgIpc) is 3.02. The number of nitriles is 1. The van der Waals surface area contributed by atoms with Crippen LogP contribution in [0.5, 0.6) is 5.75 Å². The number of hydrogen-bond acceptors (Lipinski definition) is 5. The van der Waals surface area contributed by atoms with Crippen LogP contribution < -0.4 is 10.1 Å². The third-order valence-electron chi connectivity index (χ3n) is 3.62. The van der Waals surface area contributed by atoms with Crippen molar-refractivity contribution in [3.8, 4) is 11.8 Å². The molecule has 0 aliphatic carbocycles. The van der Waals surface area contributed by atoms with E-state index < -0.39 is 0 Å². The van der Waals surface area contributed by atoms with Gasteiger partial charge in [0.1, 0.15) is 11.8 Å². The molecular formula is C19H16ClN3O2. The zero-order valence-electron chi connectivity index (χ0n) is 13.6. The van der Waals surface area contributed by atoms with Crippen LogP contribution in [0.25, 0.3) is 0 Å². The molecule has 0 bridgehead atoms. The van der Waals surface area contributed by atoms with Gasteiger partial charge in [-0.3, -0.25) is 0 Å². The summed E-state index contributed by atoms with van der Waals surface area (Å²) in [5, 5.41) is 12.9. The molecule has 1 heterocycles. The van der Waals surface area contributed by atoms with Gasteiger partial charge in [-0.2, -0.15) is 10.2 Å². The SMILES string of the molecule is Cc1ccccc1OCc1nc(C#N)c(NCc2ccccc2Cl)o1. The maximum Gasteiger partial charge on any atom is 0.236 e. The summed E-state index contributed by atoms with van der Waals surface area (Å²) in [5.74, 6) is 1.40. The number of rotatable bonds is 6. The molecule has 126 valence electrons. The van der Waals surface area contributed by atoms with Gasteiger partial charge in [-0.15, -0.1) is 0 Å². The second-order valence-corrected chi connectivity index (χ2v) is 5.80. The Bertz CT molecular complexity index is 915. The number of hydrogen-bond donors (Lipinski definition) is 1. The van der Waals surface area contributed by atoms with Gasteiger partial charge in [0.15, 0.2) is 6.61 Å². The predicted molar refractivity (Wildman–Crippen MR) is 95.5 cm³/mol. The minimum Gasteiger partial charge on any atom is -0.484 e. The van der Waals surface area contributed by atoms with Gasteiger partial charge in [0, 0.05) is 11.6 Å². The first-order valence-electron chi connectivity index (χ1n) is 7.73. The van der Waals surface area contributed by atoms with Crippen molar-refractivity contribution in [3.05, 3.63) is 76.3 Å². The molecule has 0 amide bonds. The monoisotopic (exact) mass is 353 g/mol. The third-order valence-corrected chi connectivity index (χ3v) is 3.99. The van der Waals surface area contributed by atoms with Gasteiger partial charge >= 0.3 is 0 Å². The third kappa shape index (κ3) is 4.11. The van der Waals surface area contributed by atoms with Crippen LogP contribution in [0.4, 0.5) is 5.88 Å². The van der Waals surface area contributed by atoms with Crippen molar-refractivity contribution in [2.75, 3.05) is 5.32 Å². The zero-order chi connectivity index (χ0) is 17.6. The molecule has 0 aliphatic heterocycles. The Hall–Kier alpha value is -2.97. The van der Waals surface area contributed by atoms with Crippen molar-refractivity contribution in [3.63, 3.8) is 0 Å². The summed E-state index contributed by atoms with van der Waals surface area (Å²) in [6.45, 7) is 2.54. The highest BCUT2D eigenvalue weighted by Crippen LogP contribution is 2.22. The maximum atomic E-state index is 9.23. The van der Waals surface area contributed by atoms with E-state index in [4.69, 9.17) is 20.8 Å². The van der Waals surface area contributed by atoms with E-state index in [0.29, 0.717) is 23.3 Å². The van der Waals surface area contributed by atoms with Crippen molar-refractivity contribution in [1.82, 2.24) is 4.98 Å². The van der Waals surface area contributed by atoms with E-state index in [1.165, 1.54) is 0 Å². The fourth-order valence-corrected chi connectivity index (χ4v) is 2.50. The van der Waals surface area contributed by atoms with Crippen molar-refractivity contribution in [2.45, 2.75) is 20.1 Å². The lowest BCUT2D eigenvalue weighted by atomic mass is 10.2. The largest absolute Gasteiger partial charge is 0.484 e. The average molecular weight is 354 g/mol. The van der Waals surface area contributed by atoms with Gasteiger partial charge < -0.3 is 14.5 Å². The predicted octanol–water partition coefficient (Wildman–Crippen LogP) is 4.70. The highest BCUT2D eigenvalue weighted by molar-refractivity contribution is 6.31. The van der Waals surface area contributed by atoms with E-state index in [2.05, 4.69) is 10.3 Å². The van der Waals surface area contributed by atoms with Crippen LogP contribution in [0.15, 0.2) is 52.9 Å². The standard InChI is InChI=1S/C19H16ClN3O2/c1-13-6-2-5-9-17(13)24-12-18-23-16(10-21)19(25-18)22-11-14-7-3-4-8-15(14)20/h2-9,22H,11-12H2,1H3. The first kappa shape index (κ1) is 16.9. The van der Waals surface area contributed by atoms with Crippen LogP contribution in [0.1, 0.15) is 22.7 Å². The zero-order valence-corrected chi connectivity index (χ0v) is 14.4. The summed E-state index contributed by atoms with van der Waals surface area (Å²) in [5.41, 5.74) is 2.12. The molecule has 0 radical (unpaired) electrons. The van der Waals surface area contributed by atoms with Gasteiger partial charge in [-0.05, 0) is 30.2 Å². The number of aryl methyl sites for hydroxylation is 1. The van der Waals surface area contributed by atoms with E-state index >= 15 is 0 Å². The summed E-state index contributed by atoms with van der Waals surface area (Å²) in [4.78, 5) is 4.16. The summed E-state index contributed by atoms with van der Waals surface area (Å²) in [6.07, 6.45) is 0. The molecule has 0 saturated heterocycles. The van der Waals surface area contributed by atoms with Crippen molar-refractivity contribution in [2.24, 2.45) is 0 Å². The molecule has 0 atom stereocenters. The van der Waals surface area contributed by atoms with E-state index in [-0.39, 0.29) is 12.3 Å². The first-order valence-corrected chi connectivity index (χ1v) is 8.10. The molecule has 1 N–H and O–H groups in total. The smallest absolute Gasteiger partial charge is 0.236 e. The first-order chi connectivity index (χ1) is 12.2. The molecular weight excluding hydrogens is 338 g/mol. The molecule has 25 heavy (non-hydrogen) atoms. The van der Waals surface area contributed by atoms with E-state index in [1.807, 2.05) is 61.5 Å². The van der Waals surface area contributed by atoms with Gasteiger partial charge in [0.2, 0.25) is 17.5 Å². The minimum absolute atomic E-state index is 0.146. The van der Waals surface area contributed by atoms with E-state index in [9.17, 15) is 5.26 Å². The normalized spacial score (nSPS) is 10.3. The summed E-state index contributed by atoms with van der Waals surface area (Å²) in [7, 11) is 0. The lowest BCUT2D eigenvalue weighted by Crippen LogP contribution is -2.00. The lowest BCUT2D eigenvalue weighted by Gasteiger charge is -2.06. The number of aromatic nitrogens is 1. The number of para-hydroxylation sites is 1. The number of halogens is 1. The molecule has 6 heteroatoms. The van der Waals surface area contributed by atoms with Crippen LogP contribution >= 0.6 is 11.6 Å². The number of nitrogens with zero attached hydrogens (tertiary/aromatic N) is 2. The van der Waals surface area contributed by atoms with Crippen LogP contribution in [-0.2, 0) is 13.2 Å². The number of oxazole rings is 1. The molecule has 0 saturated carbocycles. The van der Waals surface area contributed by atoms with Gasteiger partial charge in [-0.1, -0.05) is 48.0 Å². The molecule has 1 aromatic heterocycles. The van der Waals surface area contributed by atoms with Gasteiger partial charge in [-0.25, -0.2) is 0 Å². The second-order valence-electron chi connectivity index (χ2n) is 5.40. The van der Waals surface area contributed by atoms with Crippen LogP contribution in [0.2, 0.25) is 5.02 Å². The maximum absolute atomic E-state index is 9.23. The molecule has 0 spiro atoms. The van der Waals surface area contributed by atoms with Crippen molar-refractivity contribution < 1.29 is 9.15 Å².